The van der Waals surface area contributed by atoms with Crippen LogP contribution < -0.4 is 0 Å². The van der Waals surface area contributed by atoms with E-state index in [1.54, 1.807) is 34.0 Å². The normalized spacial score (nSPS) is 12.3. The molecular weight excluding hydrogens is 426 g/mol. The van der Waals surface area contributed by atoms with Crippen LogP contribution in [0.5, 0.6) is 0 Å². The Morgan fingerprint density at radius 2 is 1.53 bits per heavy atom. The smallest absolute Gasteiger partial charge is 0.160 e. The van der Waals surface area contributed by atoms with Crippen molar-refractivity contribution in [2.24, 2.45) is 0 Å². The molecule has 5 heteroatoms. The van der Waals surface area contributed by atoms with Gasteiger partial charge in [0, 0.05) is 42.6 Å². The molecule has 6 rings (SSSR count). The first-order chi connectivity index (χ1) is 14.7. The molecule has 0 saturated heterocycles. The number of benzene rings is 2. The molecule has 0 bridgehead atoms. The standard InChI is InChI=1S/C25H17NOS3/c1-2-26-20-6-4-3-5-18(20)19-11-15(8-10-21(19)26)7-9-16-12-22-24(28-16)25-23(30-22)13-17(14-27)29-25/h3-14H,2H2,1H3. The van der Waals surface area contributed by atoms with E-state index in [4.69, 9.17) is 0 Å². The second-order valence-corrected chi connectivity index (χ2v) is 10.5. The van der Waals surface area contributed by atoms with Gasteiger partial charge in [0.1, 0.15) is 0 Å². The number of para-hydroxylation sites is 1. The monoisotopic (exact) mass is 443 g/mol. The van der Waals surface area contributed by atoms with Crippen LogP contribution in [0.4, 0.5) is 0 Å². The minimum Gasteiger partial charge on any atom is -0.341 e. The van der Waals surface area contributed by atoms with Crippen LogP contribution in [-0.4, -0.2) is 10.9 Å². The molecule has 2 nitrogen and oxygen atoms in total. The van der Waals surface area contributed by atoms with Crippen molar-refractivity contribution in [2.75, 3.05) is 0 Å². The van der Waals surface area contributed by atoms with Crippen LogP contribution in [0.1, 0.15) is 27.0 Å². The molecule has 4 heterocycles. The van der Waals surface area contributed by atoms with Gasteiger partial charge in [0.05, 0.1) is 14.3 Å². The Hall–Kier alpha value is -2.73. The molecule has 0 aliphatic heterocycles. The zero-order valence-electron chi connectivity index (χ0n) is 16.2. The molecule has 0 N–H and O–H groups in total. The van der Waals surface area contributed by atoms with Gasteiger partial charge in [0.2, 0.25) is 0 Å². The van der Waals surface area contributed by atoms with Gasteiger partial charge in [0.15, 0.2) is 6.29 Å². The molecule has 0 aliphatic carbocycles. The van der Waals surface area contributed by atoms with E-state index in [2.05, 4.69) is 72.2 Å². The van der Waals surface area contributed by atoms with Gasteiger partial charge in [-0.2, -0.15) is 0 Å². The van der Waals surface area contributed by atoms with E-state index < -0.39 is 0 Å². The van der Waals surface area contributed by atoms with E-state index in [1.807, 2.05) is 6.07 Å². The quantitative estimate of drug-likeness (QED) is 0.251. The number of carbonyl (C=O) groups is 1. The van der Waals surface area contributed by atoms with Gasteiger partial charge in [-0.3, -0.25) is 4.79 Å². The lowest BCUT2D eigenvalue weighted by Gasteiger charge is -2.02. The summed E-state index contributed by atoms with van der Waals surface area (Å²) >= 11 is 5.17. The molecule has 0 atom stereocenters. The van der Waals surface area contributed by atoms with Crippen LogP contribution in [0.15, 0.2) is 54.6 Å². The predicted octanol–water partition coefficient (Wildman–Crippen LogP) is 8.29. The fourth-order valence-electron chi connectivity index (χ4n) is 4.21. The molecule has 0 unspecified atom stereocenters. The van der Waals surface area contributed by atoms with Crippen molar-refractivity contribution >= 4 is 93.1 Å². The molecule has 30 heavy (non-hydrogen) atoms. The molecule has 0 radical (unpaired) electrons. The minimum atomic E-state index is 0.809. The summed E-state index contributed by atoms with van der Waals surface area (Å²) in [5.41, 5.74) is 3.80. The van der Waals surface area contributed by atoms with Crippen molar-refractivity contribution < 1.29 is 4.79 Å². The Balaban J connectivity index is 1.41. The summed E-state index contributed by atoms with van der Waals surface area (Å²) in [6.45, 7) is 3.17. The summed E-state index contributed by atoms with van der Waals surface area (Å²) in [7, 11) is 0. The SMILES string of the molecule is CCn1c2ccccc2c2cc(C=Cc3cc4sc5cc(C=O)sc5c4s3)ccc21. The molecule has 0 amide bonds. The summed E-state index contributed by atoms with van der Waals surface area (Å²) in [4.78, 5) is 13.1. The highest BCUT2D eigenvalue weighted by Crippen LogP contribution is 2.43. The van der Waals surface area contributed by atoms with Crippen LogP contribution in [0.2, 0.25) is 0 Å². The van der Waals surface area contributed by atoms with Crippen LogP contribution in [-0.2, 0) is 6.54 Å². The number of fused-ring (bicyclic) bond motifs is 6. The first-order valence-electron chi connectivity index (χ1n) is 9.85. The number of rotatable bonds is 4. The topological polar surface area (TPSA) is 22.0 Å². The Labute approximate surface area is 185 Å². The van der Waals surface area contributed by atoms with Crippen LogP contribution in [0, 0.1) is 0 Å². The molecule has 0 spiro atoms. The van der Waals surface area contributed by atoms with Crippen molar-refractivity contribution in [3.05, 3.63) is 69.9 Å². The molecule has 4 aromatic heterocycles. The third-order valence-electron chi connectivity index (χ3n) is 5.53. The summed E-state index contributed by atoms with van der Waals surface area (Å²) in [5.74, 6) is 0. The average molecular weight is 444 g/mol. The van der Waals surface area contributed by atoms with Gasteiger partial charge in [-0.05, 0) is 48.9 Å². The fraction of sp³-hybridized carbons (Fsp3) is 0.0800. The fourth-order valence-corrected chi connectivity index (χ4v) is 7.97. The number of aldehydes is 1. The van der Waals surface area contributed by atoms with Gasteiger partial charge in [0.25, 0.3) is 0 Å². The van der Waals surface area contributed by atoms with Gasteiger partial charge >= 0.3 is 0 Å². The lowest BCUT2D eigenvalue weighted by molar-refractivity contribution is 0.112. The van der Waals surface area contributed by atoms with E-state index in [-0.39, 0.29) is 0 Å². The highest BCUT2D eigenvalue weighted by molar-refractivity contribution is 7.39. The molecule has 0 fully saturated rings. The number of aryl methyl sites for hydroxylation is 1. The van der Waals surface area contributed by atoms with Gasteiger partial charge in [-0.15, -0.1) is 34.0 Å². The largest absolute Gasteiger partial charge is 0.341 e. The lowest BCUT2D eigenvalue weighted by atomic mass is 10.1. The van der Waals surface area contributed by atoms with Crippen molar-refractivity contribution in [2.45, 2.75) is 13.5 Å². The molecule has 6 aromatic rings. The van der Waals surface area contributed by atoms with Crippen LogP contribution in [0.3, 0.4) is 0 Å². The van der Waals surface area contributed by atoms with Gasteiger partial charge in [-0.25, -0.2) is 0 Å². The minimum absolute atomic E-state index is 0.809. The number of hydrogen-bond donors (Lipinski definition) is 0. The van der Waals surface area contributed by atoms with Crippen LogP contribution in [0.25, 0.3) is 52.8 Å². The summed E-state index contributed by atoms with van der Waals surface area (Å²) in [6.07, 6.45) is 5.36. The first-order valence-corrected chi connectivity index (χ1v) is 12.3. The van der Waals surface area contributed by atoms with Crippen molar-refractivity contribution in [1.29, 1.82) is 0 Å². The van der Waals surface area contributed by atoms with E-state index in [9.17, 15) is 4.79 Å². The number of nitrogens with zero attached hydrogens (tertiary/aromatic N) is 1. The zero-order chi connectivity index (χ0) is 20.2. The maximum absolute atomic E-state index is 11.1. The van der Waals surface area contributed by atoms with E-state index in [0.29, 0.717) is 0 Å². The highest BCUT2D eigenvalue weighted by atomic mass is 32.1. The number of hydrogen-bond acceptors (Lipinski definition) is 4. The molecule has 2 aromatic carbocycles. The molecule has 0 saturated carbocycles. The number of carbonyl (C=O) groups excluding carboxylic acids is 1. The predicted molar refractivity (Wildman–Crippen MR) is 135 cm³/mol. The third-order valence-corrected chi connectivity index (χ3v) is 9.20. The van der Waals surface area contributed by atoms with E-state index in [1.165, 1.54) is 51.0 Å². The second kappa shape index (κ2) is 6.91. The van der Waals surface area contributed by atoms with Gasteiger partial charge < -0.3 is 4.57 Å². The first kappa shape index (κ1) is 18.1. The van der Waals surface area contributed by atoms with Crippen molar-refractivity contribution in [3.8, 4) is 0 Å². The van der Waals surface area contributed by atoms with E-state index in [0.717, 1.165) is 17.7 Å². The van der Waals surface area contributed by atoms with Gasteiger partial charge in [-0.1, -0.05) is 30.3 Å². The summed E-state index contributed by atoms with van der Waals surface area (Å²) in [6, 6.07) is 19.6. The lowest BCUT2D eigenvalue weighted by Crippen LogP contribution is -1.92. The summed E-state index contributed by atoms with van der Waals surface area (Å²) in [5, 5.41) is 2.62. The van der Waals surface area contributed by atoms with Crippen molar-refractivity contribution in [3.63, 3.8) is 0 Å². The second-order valence-electron chi connectivity index (χ2n) is 7.28. The Bertz CT molecular complexity index is 1610. The molecule has 0 aliphatic rings. The Kier molecular flexibility index (Phi) is 4.16. The molecular formula is C25H17NOS3. The number of aromatic nitrogens is 1. The average Bonchev–Trinajstić information content (AvgIpc) is 3.50. The zero-order valence-corrected chi connectivity index (χ0v) is 18.7. The third kappa shape index (κ3) is 2.70. The number of thiophene rings is 3. The summed E-state index contributed by atoms with van der Waals surface area (Å²) < 4.78 is 7.45. The van der Waals surface area contributed by atoms with E-state index >= 15 is 0 Å². The maximum Gasteiger partial charge on any atom is 0.160 e. The highest BCUT2D eigenvalue weighted by Gasteiger charge is 2.12. The maximum atomic E-state index is 11.1. The van der Waals surface area contributed by atoms with Crippen molar-refractivity contribution in [1.82, 2.24) is 4.57 Å². The Morgan fingerprint density at radius 3 is 2.33 bits per heavy atom. The van der Waals surface area contributed by atoms with Crippen LogP contribution >= 0.6 is 34.0 Å². The molecule has 146 valence electrons. The Morgan fingerprint density at radius 1 is 0.800 bits per heavy atom.